The molecule has 1 aromatic heterocycles. The van der Waals surface area contributed by atoms with E-state index in [1.54, 1.807) is 6.92 Å². The fourth-order valence-electron chi connectivity index (χ4n) is 1.26. The maximum absolute atomic E-state index is 12.9. The molecule has 1 heterocycles. The second-order valence-corrected chi connectivity index (χ2v) is 5.93. The number of aromatic nitrogens is 3. The molecular weight excluding hydrogens is 327 g/mol. The van der Waals surface area contributed by atoms with E-state index in [1.165, 1.54) is 0 Å². The molecule has 0 aliphatic heterocycles. The van der Waals surface area contributed by atoms with E-state index < -0.39 is 15.8 Å². The predicted molar refractivity (Wildman–Crippen MR) is 66.0 cm³/mol. The molecule has 0 bridgehead atoms. The smallest absolute Gasteiger partial charge is 0.261 e. The second-order valence-electron chi connectivity index (χ2n) is 3.42. The largest absolute Gasteiger partial charge is 0.265 e. The van der Waals surface area contributed by atoms with Gasteiger partial charge in [0, 0.05) is 4.47 Å². The highest BCUT2D eigenvalue weighted by Crippen LogP contribution is 2.24. The lowest BCUT2D eigenvalue weighted by Gasteiger charge is -2.06. The summed E-state index contributed by atoms with van der Waals surface area (Å²) >= 11 is 2.99. The highest BCUT2D eigenvalue weighted by Gasteiger charge is 2.19. The van der Waals surface area contributed by atoms with Gasteiger partial charge in [0.2, 0.25) is 0 Å². The van der Waals surface area contributed by atoms with Gasteiger partial charge in [-0.05, 0) is 41.1 Å². The molecule has 2 N–H and O–H groups in total. The molecule has 0 saturated carbocycles. The molecule has 0 atom stereocenters. The Balaban J connectivity index is 2.36. The lowest BCUT2D eigenvalue weighted by Crippen LogP contribution is -2.14. The molecule has 18 heavy (non-hydrogen) atoms. The van der Waals surface area contributed by atoms with E-state index >= 15 is 0 Å². The van der Waals surface area contributed by atoms with Gasteiger partial charge in [0.25, 0.3) is 16.0 Å². The van der Waals surface area contributed by atoms with Gasteiger partial charge < -0.3 is 0 Å². The van der Waals surface area contributed by atoms with Crippen LogP contribution in [0.2, 0.25) is 0 Å². The molecule has 6 nitrogen and oxygen atoms in total. The van der Waals surface area contributed by atoms with Gasteiger partial charge in [-0.2, -0.15) is 4.98 Å². The van der Waals surface area contributed by atoms with Crippen LogP contribution in [-0.2, 0) is 10.0 Å². The summed E-state index contributed by atoms with van der Waals surface area (Å²) in [6, 6.07) is 3.28. The average molecular weight is 335 g/mol. The van der Waals surface area contributed by atoms with Gasteiger partial charge in [0.15, 0.2) is 0 Å². The van der Waals surface area contributed by atoms with Crippen LogP contribution < -0.4 is 4.72 Å². The Morgan fingerprint density at radius 1 is 1.44 bits per heavy atom. The first-order chi connectivity index (χ1) is 8.38. The van der Waals surface area contributed by atoms with Crippen molar-refractivity contribution in [2.45, 2.75) is 11.8 Å². The van der Waals surface area contributed by atoms with Crippen LogP contribution in [0.5, 0.6) is 0 Å². The minimum Gasteiger partial charge on any atom is -0.261 e. The zero-order chi connectivity index (χ0) is 13.3. The molecule has 0 aliphatic rings. The Morgan fingerprint density at radius 2 is 2.17 bits per heavy atom. The van der Waals surface area contributed by atoms with Crippen LogP contribution in [0.1, 0.15) is 5.82 Å². The normalized spacial score (nSPS) is 11.5. The maximum atomic E-state index is 12.9. The summed E-state index contributed by atoms with van der Waals surface area (Å²) in [7, 11) is -3.86. The highest BCUT2D eigenvalue weighted by atomic mass is 79.9. The first kappa shape index (κ1) is 13.0. The Labute approximate surface area is 111 Å². The van der Waals surface area contributed by atoms with Gasteiger partial charge in [-0.25, -0.2) is 17.5 Å². The van der Waals surface area contributed by atoms with Crippen molar-refractivity contribution in [3.8, 4) is 0 Å². The van der Waals surface area contributed by atoms with Crippen molar-refractivity contribution < 1.29 is 12.8 Å². The van der Waals surface area contributed by atoms with Gasteiger partial charge in [0.05, 0.1) is 0 Å². The minimum atomic E-state index is -3.86. The number of nitrogens with one attached hydrogen (secondary N) is 2. The molecule has 0 amide bonds. The number of aromatic amines is 1. The van der Waals surface area contributed by atoms with Crippen molar-refractivity contribution in [3.05, 3.63) is 34.3 Å². The van der Waals surface area contributed by atoms with Gasteiger partial charge in [0.1, 0.15) is 16.5 Å². The fraction of sp³-hybridized carbons (Fsp3) is 0.111. The third-order valence-corrected chi connectivity index (χ3v) is 4.31. The quantitative estimate of drug-likeness (QED) is 0.896. The first-order valence-corrected chi connectivity index (χ1v) is 7.03. The van der Waals surface area contributed by atoms with Gasteiger partial charge >= 0.3 is 0 Å². The number of aryl methyl sites for hydroxylation is 1. The van der Waals surface area contributed by atoms with Crippen molar-refractivity contribution >= 4 is 31.9 Å². The van der Waals surface area contributed by atoms with Crippen LogP contribution in [0.25, 0.3) is 0 Å². The summed E-state index contributed by atoms with van der Waals surface area (Å²) in [4.78, 5) is 3.73. The molecule has 1 aromatic carbocycles. The van der Waals surface area contributed by atoms with E-state index in [1.807, 2.05) is 0 Å². The van der Waals surface area contributed by atoms with Crippen LogP contribution in [0.4, 0.5) is 10.3 Å². The van der Waals surface area contributed by atoms with E-state index in [4.69, 9.17) is 0 Å². The number of H-pyrrole nitrogens is 1. The van der Waals surface area contributed by atoms with Crippen LogP contribution >= 0.6 is 15.9 Å². The third kappa shape index (κ3) is 2.67. The highest BCUT2D eigenvalue weighted by molar-refractivity contribution is 9.10. The van der Waals surface area contributed by atoms with Crippen LogP contribution in [0.15, 0.2) is 27.6 Å². The summed E-state index contributed by atoms with van der Waals surface area (Å²) in [6.45, 7) is 1.64. The van der Waals surface area contributed by atoms with Crippen LogP contribution in [0.3, 0.4) is 0 Å². The Bertz CT molecular complexity index is 686. The van der Waals surface area contributed by atoms with E-state index in [-0.39, 0.29) is 15.3 Å². The van der Waals surface area contributed by atoms with Gasteiger partial charge in [-0.3, -0.25) is 5.10 Å². The molecule has 0 radical (unpaired) electrons. The second kappa shape index (κ2) is 4.65. The van der Waals surface area contributed by atoms with Crippen molar-refractivity contribution in [1.29, 1.82) is 0 Å². The molecular formula is C9H8BrFN4O2S. The van der Waals surface area contributed by atoms with E-state index in [9.17, 15) is 12.8 Å². The zero-order valence-corrected chi connectivity index (χ0v) is 11.5. The van der Waals surface area contributed by atoms with Crippen molar-refractivity contribution in [1.82, 2.24) is 15.2 Å². The molecule has 0 spiro atoms. The zero-order valence-electron chi connectivity index (χ0n) is 9.11. The fourth-order valence-corrected chi connectivity index (χ4v) is 3.25. The van der Waals surface area contributed by atoms with Crippen molar-refractivity contribution in [3.63, 3.8) is 0 Å². The minimum absolute atomic E-state index is 0.0660. The number of nitrogens with zero attached hydrogens (tertiary/aromatic N) is 2. The number of hydrogen-bond donors (Lipinski definition) is 2. The lowest BCUT2D eigenvalue weighted by molar-refractivity contribution is 0.598. The first-order valence-electron chi connectivity index (χ1n) is 4.75. The summed E-state index contributed by atoms with van der Waals surface area (Å²) < 4.78 is 39.2. The molecule has 0 unspecified atom stereocenters. The molecule has 9 heteroatoms. The van der Waals surface area contributed by atoms with Gasteiger partial charge in [-0.1, -0.05) is 0 Å². The Kier molecular flexibility index (Phi) is 3.35. The Hall–Kier alpha value is -1.48. The maximum Gasteiger partial charge on any atom is 0.265 e. The Morgan fingerprint density at radius 3 is 2.72 bits per heavy atom. The van der Waals surface area contributed by atoms with E-state index in [2.05, 4.69) is 35.8 Å². The molecule has 2 aromatic rings. The molecule has 2 rings (SSSR count). The third-order valence-electron chi connectivity index (χ3n) is 2.01. The van der Waals surface area contributed by atoms with Crippen LogP contribution in [0, 0.1) is 12.7 Å². The number of anilines is 1. The SMILES string of the molecule is Cc1nc(NS(=O)(=O)c2ccc(F)cc2Br)n[nH]1. The summed E-state index contributed by atoms with van der Waals surface area (Å²) in [5.74, 6) is -0.121. The molecule has 96 valence electrons. The molecule has 0 saturated heterocycles. The monoisotopic (exact) mass is 334 g/mol. The number of hydrogen-bond acceptors (Lipinski definition) is 4. The summed E-state index contributed by atoms with van der Waals surface area (Å²) in [5, 5.41) is 6.16. The standard InChI is InChI=1S/C9H8BrFN4O2S/c1-5-12-9(14-13-5)15-18(16,17)8-3-2-6(11)4-7(8)10/h2-4H,1H3,(H2,12,13,14,15). The van der Waals surface area contributed by atoms with Crippen molar-refractivity contribution in [2.75, 3.05) is 4.72 Å². The van der Waals surface area contributed by atoms with Crippen molar-refractivity contribution in [2.24, 2.45) is 0 Å². The predicted octanol–water partition coefficient (Wildman–Crippen LogP) is 1.82. The topological polar surface area (TPSA) is 87.7 Å². The lowest BCUT2D eigenvalue weighted by atomic mass is 10.3. The summed E-state index contributed by atoms with van der Waals surface area (Å²) in [5.41, 5.74) is 0. The van der Waals surface area contributed by atoms with E-state index in [0.717, 1.165) is 18.2 Å². The van der Waals surface area contributed by atoms with Crippen LogP contribution in [-0.4, -0.2) is 23.6 Å². The molecule has 0 aliphatic carbocycles. The number of rotatable bonds is 3. The summed E-state index contributed by atoms with van der Waals surface area (Å²) in [6.07, 6.45) is 0. The van der Waals surface area contributed by atoms with Gasteiger partial charge in [-0.15, -0.1) is 5.10 Å². The van der Waals surface area contributed by atoms with E-state index in [0.29, 0.717) is 5.82 Å². The number of benzene rings is 1. The molecule has 0 fully saturated rings. The number of halogens is 2. The number of sulfonamides is 1. The average Bonchev–Trinajstić information content (AvgIpc) is 2.62.